The van der Waals surface area contributed by atoms with Gasteiger partial charge in [0.05, 0.1) is 16.9 Å². The normalized spacial score (nSPS) is 12.3. The van der Waals surface area contributed by atoms with E-state index in [0.717, 1.165) is 11.3 Å². The van der Waals surface area contributed by atoms with Crippen molar-refractivity contribution >= 4 is 23.5 Å². The van der Waals surface area contributed by atoms with E-state index in [4.69, 9.17) is 11.6 Å². The zero-order valence-electron chi connectivity index (χ0n) is 17.3. The second-order valence-electron chi connectivity index (χ2n) is 8.01. The monoisotopic (exact) mass is 425 g/mol. The van der Waals surface area contributed by atoms with Crippen LogP contribution in [-0.4, -0.2) is 42.6 Å². The average Bonchev–Trinajstić information content (AvgIpc) is 2.69. The maximum atomic E-state index is 12.3. The molecule has 0 aliphatic rings. The molecule has 3 heterocycles. The second-order valence-corrected chi connectivity index (χ2v) is 8.42. The fraction of sp³-hybridized carbons (Fsp3) is 0.333. The highest BCUT2D eigenvalue weighted by Crippen LogP contribution is 2.19. The zero-order chi connectivity index (χ0) is 21.7. The molecule has 1 atom stereocenters. The molecule has 3 aromatic rings. The molecule has 0 radical (unpaired) electrons. The fourth-order valence-corrected chi connectivity index (χ4v) is 2.92. The third kappa shape index (κ3) is 5.93. The first-order valence-electron chi connectivity index (χ1n) is 9.55. The van der Waals surface area contributed by atoms with Crippen molar-refractivity contribution in [2.24, 2.45) is 0 Å². The number of amides is 1. The Morgan fingerprint density at radius 2 is 1.87 bits per heavy atom. The summed E-state index contributed by atoms with van der Waals surface area (Å²) in [7, 11) is 0. The lowest BCUT2D eigenvalue weighted by atomic mass is 10.1. The van der Waals surface area contributed by atoms with Gasteiger partial charge in [-0.1, -0.05) is 11.6 Å². The summed E-state index contributed by atoms with van der Waals surface area (Å²) in [6.45, 7) is 7.73. The minimum atomic E-state index is -0.360. The van der Waals surface area contributed by atoms with Crippen LogP contribution >= 0.6 is 11.6 Å². The largest absolute Gasteiger partial charge is 0.351 e. The Labute approximate surface area is 180 Å². The Morgan fingerprint density at radius 1 is 1.13 bits per heavy atom. The lowest BCUT2D eigenvalue weighted by Gasteiger charge is -2.20. The molecule has 156 valence electrons. The van der Waals surface area contributed by atoms with Crippen molar-refractivity contribution in [2.45, 2.75) is 45.7 Å². The van der Waals surface area contributed by atoms with Gasteiger partial charge in [-0.2, -0.15) is 5.10 Å². The fourth-order valence-electron chi connectivity index (χ4n) is 2.72. The Kier molecular flexibility index (Phi) is 6.56. The van der Waals surface area contributed by atoms with Crippen LogP contribution in [0.15, 0.2) is 43.0 Å². The number of anilines is 1. The molecule has 8 nitrogen and oxygen atoms in total. The topological polar surface area (TPSA) is 106 Å². The van der Waals surface area contributed by atoms with Crippen LogP contribution in [0.1, 0.15) is 43.9 Å². The third-order valence-electron chi connectivity index (χ3n) is 4.07. The molecular weight excluding hydrogens is 402 g/mol. The summed E-state index contributed by atoms with van der Waals surface area (Å²) in [5.74, 6) is 0.212. The van der Waals surface area contributed by atoms with Crippen LogP contribution in [0.25, 0.3) is 11.1 Å². The van der Waals surface area contributed by atoms with Crippen molar-refractivity contribution < 1.29 is 4.79 Å². The summed E-state index contributed by atoms with van der Waals surface area (Å²) in [5, 5.41) is 14.6. The van der Waals surface area contributed by atoms with Crippen molar-refractivity contribution in [1.29, 1.82) is 0 Å². The maximum Gasteiger partial charge on any atom is 0.272 e. The Balaban J connectivity index is 1.68. The standard InChI is InChI=1S/C21H24ClN7O/c1-13(8-17-16(22)6-5-7-23-17)27-20-24-10-15(11-25-20)14-9-18(29-26-12-14)19(30)28-21(2,3)4/h5-7,9-13H,8H2,1-4H3,(H,28,30)(H,24,25,27). The van der Waals surface area contributed by atoms with Crippen LogP contribution < -0.4 is 10.6 Å². The van der Waals surface area contributed by atoms with E-state index in [9.17, 15) is 4.79 Å². The predicted molar refractivity (Wildman–Crippen MR) is 116 cm³/mol. The van der Waals surface area contributed by atoms with Gasteiger partial charge in [-0.25, -0.2) is 9.97 Å². The van der Waals surface area contributed by atoms with Gasteiger partial charge in [0, 0.05) is 47.7 Å². The molecule has 0 saturated heterocycles. The highest BCUT2D eigenvalue weighted by Gasteiger charge is 2.17. The van der Waals surface area contributed by atoms with Crippen molar-refractivity contribution in [2.75, 3.05) is 5.32 Å². The number of carbonyl (C=O) groups excluding carboxylic acids is 1. The molecule has 0 aliphatic carbocycles. The molecule has 0 bridgehead atoms. The van der Waals surface area contributed by atoms with E-state index in [1.807, 2.05) is 33.8 Å². The number of nitrogens with zero attached hydrogens (tertiary/aromatic N) is 5. The van der Waals surface area contributed by atoms with Gasteiger partial charge < -0.3 is 10.6 Å². The number of rotatable bonds is 6. The molecule has 1 unspecified atom stereocenters. The number of nitrogens with one attached hydrogen (secondary N) is 2. The van der Waals surface area contributed by atoms with Crippen molar-refractivity contribution in [3.05, 3.63) is 59.4 Å². The van der Waals surface area contributed by atoms with Crippen LogP contribution in [0.2, 0.25) is 5.02 Å². The van der Waals surface area contributed by atoms with E-state index < -0.39 is 0 Å². The van der Waals surface area contributed by atoms with E-state index in [1.165, 1.54) is 0 Å². The number of carbonyl (C=O) groups is 1. The molecule has 0 aliphatic heterocycles. The van der Waals surface area contributed by atoms with Gasteiger partial charge in [-0.15, -0.1) is 5.10 Å². The molecule has 2 N–H and O–H groups in total. The molecule has 1 amide bonds. The minimum Gasteiger partial charge on any atom is -0.351 e. The Hall–Kier alpha value is -3.13. The summed E-state index contributed by atoms with van der Waals surface area (Å²) < 4.78 is 0. The predicted octanol–water partition coefficient (Wildman–Crippen LogP) is 3.55. The summed E-state index contributed by atoms with van der Waals surface area (Å²) in [4.78, 5) is 25.4. The van der Waals surface area contributed by atoms with Crippen molar-refractivity contribution in [3.8, 4) is 11.1 Å². The molecule has 9 heteroatoms. The van der Waals surface area contributed by atoms with Gasteiger partial charge in [0.15, 0.2) is 5.69 Å². The first-order chi connectivity index (χ1) is 14.2. The molecule has 30 heavy (non-hydrogen) atoms. The van der Waals surface area contributed by atoms with Gasteiger partial charge in [0.25, 0.3) is 5.91 Å². The average molecular weight is 426 g/mol. The van der Waals surface area contributed by atoms with Crippen LogP contribution in [0.3, 0.4) is 0 Å². The summed E-state index contributed by atoms with van der Waals surface area (Å²) >= 11 is 6.17. The Bertz CT molecular complexity index is 1020. The van der Waals surface area contributed by atoms with E-state index in [-0.39, 0.29) is 23.2 Å². The number of halogens is 1. The second kappa shape index (κ2) is 9.13. The number of pyridine rings is 1. The summed E-state index contributed by atoms with van der Waals surface area (Å²) in [5.41, 5.74) is 2.15. The van der Waals surface area contributed by atoms with Crippen LogP contribution in [0.4, 0.5) is 5.95 Å². The van der Waals surface area contributed by atoms with E-state index in [0.29, 0.717) is 23.0 Å². The van der Waals surface area contributed by atoms with E-state index >= 15 is 0 Å². The molecular formula is C21H24ClN7O. The maximum absolute atomic E-state index is 12.3. The lowest BCUT2D eigenvalue weighted by Crippen LogP contribution is -2.41. The number of hydrogen-bond donors (Lipinski definition) is 2. The van der Waals surface area contributed by atoms with Gasteiger partial charge in [0.1, 0.15) is 0 Å². The zero-order valence-corrected chi connectivity index (χ0v) is 18.1. The van der Waals surface area contributed by atoms with E-state index in [1.54, 1.807) is 36.9 Å². The van der Waals surface area contributed by atoms with Crippen molar-refractivity contribution in [3.63, 3.8) is 0 Å². The van der Waals surface area contributed by atoms with E-state index in [2.05, 4.69) is 35.8 Å². The SMILES string of the molecule is CC(Cc1ncccc1Cl)Nc1ncc(-c2cnnc(C(=O)NC(C)(C)C)c2)cn1. The molecule has 0 saturated carbocycles. The Morgan fingerprint density at radius 3 is 2.53 bits per heavy atom. The van der Waals surface area contributed by atoms with Gasteiger partial charge >= 0.3 is 0 Å². The smallest absolute Gasteiger partial charge is 0.272 e. The molecule has 3 aromatic heterocycles. The molecule has 3 rings (SSSR count). The first kappa shape index (κ1) is 21.6. The number of aromatic nitrogens is 5. The highest BCUT2D eigenvalue weighted by molar-refractivity contribution is 6.31. The van der Waals surface area contributed by atoms with Gasteiger partial charge in [-0.3, -0.25) is 9.78 Å². The summed E-state index contributed by atoms with van der Waals surface area (Å²) in [6, 6.07) is 5.34. The summed E-state index contributed by atoms with van der Waals surface area (Å²) in [6.07, 6.45) is 7.30. The first-order valence-corrected chi connectivity index (χ1v) is 9.92. The van der Waals surface area contributed by atoms with Crippen LogP contribution in [0.5, 0.6) is 0 Å². The minimum absolute atomic E-state index is 0.0403. The third-order valence-corrected chi connectivity index (χ3v) is 4.41. The molecule has 0 fully saturated rings. The van der Waals surface area contributed by atoms with Crippen molar-refractivity contribution in [1.82, 2.24) is 30.5 Å². The van der Waals surface area contributed by atoms with Crippen LogP contribution in [0, 0.1) is 0 Å². The molecule has 0 spiro atoms. The van der Waals surface area contributed by atoms with Gasteiger partial charge in [-0.05, 0) is 45.9 Å². The van der Waals surface area contributed by atoms with Gasteiger partial charge in [0.2, 0.25) is 5.95 Å². The molecule has 0 aromatic carbocycles. The quantitative estimate of drug-likeness (QED) is 0.621. The van der Waals surface area contributed by atoms with Crippen LogP contribution in [-0.2, 0) is 6.42 Å². The number of hydrogen-bond acceptors (Lipinski definition) is 7. The lowest BCUT2D eigenvalue weighted by molar-refractivity contribution is 0.0913. The highest BCUT2D eigenvalue weighted by atomic mass is 35.5.